The summed E-state index contributed by atoms with van der Waals surface area (Å²) in [5, 5.41) is 2.78. The molecule has 0 bridgehead atoms. The number of nitrogens with zero attached hydrogens (tertiary/aromatic N) is 2. The maximum Gasteiger partial charge on any atom is 0.343 e. The molecule has 4 rings (SSSR count). The van der Waals surface area contributed by atoms with Gasteiger partial charge in [0.15, 0.2) is 11.5 Å². The number of sulfonamides is 1. The molecule has 0 radical (unpaired) electrons. The summed E-state index contributed by atoms with van der Waals surface area (Å²) in [7, 11) is -1.15. The maximum absolute atomic E-state index is 13.6. The molecule has 188 valence electrons. The Morgan fingerprint density at radius 3 is 2.42 bits per heavy atom. The molecule has 0 unspecified atom stereocenters. The van der Waals surface area contributed by atoms with Crippen LogP contribution in [-0.4, -0.2) is 41.1 Å². The third-order valence-electron chi connectivity index (χ3n) is 5.92. The molecule has 1 heterocycles. The average Bonchev–Trinajstić information content (AvgIpc) is 2.87. The number of urea groups is 1. The lowest BCUT2D eigenvalue weighted by Crippen LogP contribution is -2.53. The van der Waals surface area contributed by atoms with Crippen molar-refractivity contribution in [3.8, 4) is 11.5 Å². The van der Waals surface area contributed by atoms with Crippen LogP contribution in [-0.2, 0) is 21.4 Å². The predicted octanol–water partition coefficient (Wildman–Crippen LogP) is 3.77. The quantitative estimate of drug-likeness (QED) is 0.520. The predicted molar refractivity (Wildman–Crippen MR) is 136 cm³/mol. The van der Waals surface area contributed by atoms with Gasteiger partial charge in [0, 0.05) is 12.1 Å². The molecule has 0 aliphatic carbocycles. The molecule has 3 aromatic rings. The van der Waals surface area contributed by atoms with Gasteiger partial charge in [0.25, 0.3) is 10.0 Å². The van der Waals surface area contributed by atoms with Crippen molar-refractivity contribution >= 4 is 33.3 Å². The monoisotopic (exact) mass is 509 g/mol. The van der Waals surface area contributed by atoms with Crippen molar-refractivity contribution in [3.05, 3.63) is 77.4 Å². The van der Waals surface area contributed by atoms with Gasteiger partial charge in [0.2, 0.25) is 5.91 Å². The van der Waals surface area contributed by atoms with Crippen molar-refractivity contribution in [1.82, 2.24) is 5.32 Å². The molecule has 0 atom stereocenters. The fourth-order valence-electron chi connectivity index (χ4n) is 4.12. The van der Waals surface area contributed by atoms with Gasteiger partial charge in [-0.15, -0.1) is 0 Å². The van der Waals surface area contributed by atoms with Gasteiger partial charge in [-0.2, -0.15) is 4.31 Å². The summed E-state index contributed by atoms with van der Waals surface area (Å²) in [5.74, 6) is 0.550. The van der Waals surface area contributed by atoms with Gasteiger partial charge in [-0.25, -0.2) is 13.2 Å². The molecule has 3 aromatic carbocycles. The summed E-state index contributed by atoms with van der Waals surface area (Å²) in [4.78, 5) is 27.7. The number of carbonyl (C=O) groups is 2. The van der Waals surface area contributed by atoms with Gasteiger partial charge >= 0.3 is 6.03 Å². The number of rotatable bonds is 7. The smallest absolute Gasteiger partial charge is 0.343 e. The third-order valence-corrected chi connectivity index (χ3v) is 7.66. The van der Waals surface area contributed by atoms with E-state index in [2.05, 4.69) is 5.32 Å². The van der Waals surface area contributed by atoms with Crippen molar-refractivity contribution in [3.63, 3.8) is 0 Å². The summed E-state index contributed by atoms with van der Waals surface area (Å²) < 4.78 is 38.5. The number of hydrogen-bond donors (Lipinski definition) is 1. The number of para-hydroxylation sites is 2. The summed E-state index contributed by atoms with van der Waals surface area (Å²) in [6.07, 6.45) is 0. The zero-order chi connectivity index (χ0) is 26.0. The summed E-state index contributed by atoms with van der Waals surface area (Å²) in [6.45, 7) is 3.30. The van der Waals surface area contributed by atoms with Gasteiger partial charge in [0.1, 0.15) is 11.4 Å². The molecule has 0 aromatic heterocycles. The number of aryl methyl sites for hydroxylation is 2. The molecule has 1 aliphatic rings. The molecule has 0 saturated heterocycles. The highest BCUT2D eigenvalue weighted by atomic mass is 32.2. The van der Waals surface area contributed by atoms with Crippen molar-refractivity contribution in [2.45, 2.75) is 25.3 Å². The number of carbonyl (C=O) groups excluding carboxylic acids is 2. The molecular weight excluding hydrogens is 482 g/mol. The van der Waals surface area contributed by atoms with Gasteiger partial charge < -0.3 is 14.8 Å². The molecular formula is C26H27N3O6S. The topological polar surface area (TPSA) is 105 Å². The van der Waals surface area contributed by atoms with E-state index in [9.17, 15) is 18.0 Å². The normalized spacial score (nSPS) is 14.3. The molecule has 0 saturated carbocycles. The minimum absolute atomic E-state index is 0.0484. The van der Waals surface area contributed by atoms with Gasteiger partial charge in [-0.05, 0) is 49.2 Å². The first-order chi connectivity index (χ1) is 17.2. The van der Waals surface area contributed by atoms with E-state index >= 15 is 0 Å². The zero-order valence-electron chi connectivity index (χ0n) is 20.4. The molecule has 10 heteroatoms. The summed E-state index contributed by atoms with van der Waals surface area (Å²) in [6, 6.07) is 15.9. The van der Waals surface area contributed by atoms with Crippen molar-refractivity contribution in [2.75, 3.05) is 30.0 Å². The molecule has 1 aliphatic heterocycles. The van der Waals surface area contributed by atoms with E-state index in [1.165, 1.54) is 31.3 Å². The van der Waals surface area contributed by atoms with Crippen molar-refractivity contribution in [1.29, 1.82) is 0 Å². The van der Waals surface area contributed by atoms with Gasteiger partial charge in [-0.1, -0.05) is 36.4 Å². The highest BCUT2D eigenvalue weighted by Gasteiger charge is 2.43. The fraction of sp³-hybridized carbons (Fsp3) is 0.231. The fourth-order valence-corrected chi connectivity index (χ4v) is 5.77. The Kier molecular flexibility index (Phi) is 6.89. The van der Waals surface area contributed by atoms with Gasteiger partial charge in [-0.3, -0.25) is 9.69 Å². The average molecular weight is 510 g/mol. The lowest BCUT2D eigenvalue weighted by atomic mass is 10.1. The van der Waals surface area contributed by atoms with Crippen LogP contribution in [0.4, 0.5) is 16.2 Å². The maximum atomic E-state index is 13.6. The Labute approximate surface area is 210 Å². The van der Waals surface area contributed by atoms with E-state index in [4.69, 9.17) is 9.47 Å². The Hall–Kier alpha value is -4.05. The van der Waals surface area contributed by atoms with Crippen LogP contribution in [0.25, 0.3) is 0 Å². The standard InChI is InChI=1S/C26H27N3O6S/c1-17-12-13-18(2)21(14-17)29-26(31)28(20-9-5-6-11-23(20)36(29,32)33)16-24(30)27-15-19-8-7-10-22(34-3)25(19)35-4/h5-14H,15-16H2,1-4H3,(H,27,30). The van der Waals surface area contributed by atoms with Crippen LogP contribution in [0.2, 0.25) is 0 Å². The van der Waals surface area contributed by atoms with Crippen LogP contribution in [0.1, 0.15) is 16.7 Å². The highest BCUT2D eigenvalue weighted by molar-refractivity contribution is 7.94. The Morgan fingerprint density at radius 1 is 0.944 bits per heavy atom. The minimum atomic E-state index is -4.19. The second-order valence-electron chi connectivity index (χ2n) is 8.33. The van der Waals surface area contributed by atoms with E-state index in [0.29, 0.717) is 22.6 Å². The highest BCUT2D eigenvalue weighted by Crippen LogP contribution is 2.38. The second-order valence-corrected chi connectivity index (χ2v) is 10.1. The van der Waals surface area contributed by atoms with Crippen LogP contribution in [0.5, 0.6) is 11.5 Å². The van der Waals surface area contributed by atoms with Crippen LogP contribution in [0.15, 0.2) is 65.6 Å². The van der Waals surface area contributed by atoms with E-state index in [1.54, 1.807) is 49.4 Å². The summed E-state index contributed by atoms with van der Waals surface area (Å²) >= 11 is 0. The minimum Gasteiger partial charge on any atom is -0.493 e. The second kappa shape index (κ2) is 9.90. The first-order valence-electron chi connectivity index (χ1n) is 11.2. The first kappa shape index (κ1) is 25.1. The molecule has 0 fully saturated rings. The lowest BCUT2D eigenvalue weighted by molar-refractivity contribution is -0.119. The number of nitrogens with one attached hydrogen (secondary N) is 1. The molecule has 36 heavy (non-hydrogen) atoms. The Balaban J connectivity index is 1.65. The van der Waals surface area contributed by atoms with Crippen LogP contribution >= 0.6 is 0 Å². The van der Waals surface area contributed by atoms with Crippen molar-refractivity contribution < 1.29 is 27.5 Å². The summed E-state index contributed by atoms with van der Waals surface area (Å²) in [5.41, 5.74) is 2.51. The van der Waals surface area contributed by atoms with E-state index < -0.39 is 22.0 Å². The molecule has 1 N–H and O–H groups in total. The van der Waals surface area contributed by atoms with E-state index in [0.717, 1.165) is 9.87 Å². The zero-order valence-corrected chi connectivity index (χ0v) is 21.3. The number of ether oxygens (including phenoxy) is 2. The molecule has 3 amide bonds. The van der Waals surface area contributed by atoms with Crippen molar-refractivity contribution in [2.24, 2.45) is 0 Å². The lowest BCUT2D eigenvalue weighted by Gasteiger charge is -2.36. The number of hydrogen-bond acceptors (Lipinski definition) is 6. The number of fused-ring (bicyclic) bond motifs is 1. The molecule has 0 spiro atoms. The van der Waals surface area contributed by atoms with Crippen LogP contribution in [0, 0.1) is 13.8 Å². The molecule has 9 nitrogen and oxygen atoms in total. The Morgan fingerprint density at radius 2 is 1.69 bits per heavy atom. The number of methoxy groups -OCH3 is 2. The van der Waals surface area contributed by atoms with Crippen LogP contribution in [0.3, 0.4) is 0 Å². The first-order valence-corrected chi connectivity index (χ1v) is 12.6. The largest absolute Gasteiger partial charge is 0.493 e. The van der Waals surface area contributed by atoms with Crippen LogP contribution < -0.4 is 24.0 Å². The van der Waals surface area contributed by atoms with Gasteiger partial charge in [0.05, 0.1) is 25.6 Å². The van der Waals surface area contributed by atoms with E-state index in [-0.39, 0.29) is 29.4 Å². The number of anilines is 2. The number of amides is 3. The van der Waals surface area contributed by atoms with E-state index in [1.807, 2.05) is 13.0 Å². The number of benzene rings is 3. The SMILES string of the molecule is COc1cccc(CNC(=O)CN2C(=O)N(c3cc(C)ccc3C)S(=O)(=O)c3ccccc32)c1OC. The Bertz CT molecular complexity index is 1440. The third kappa shape index (κ3) is 4.47.